The zero-order valence-corrected chi connectivity index (χ0v) is 18.5. The van der Waals surface area contributed by atoms with E-state index in [1.807, 2.05) is 13.8 Å². The van der Waals surface area contributed by atoms with E-state index in [4.69, 9.17) is 4.74 Å². The molecule has 0 saturated carbocycles. The molecular formula is C24H48O2. The van der Waals surface area contributed by atoms with Gasteiger partial charge in [0.25, 0.3) is 0 Å². The molecule has 0 aromatic rings. The van der Waals surface area contributed by atoms with Crippen LogP contribution >= 0.6 is 0 Å². The van der Waals surface area contributed by atoms with Crippen LogP contribution in [0.15, 0.2) is 0 Å². The molecule has 0 rings (SSSR count). The largest absolute Gasteiger partial charge is 0.465 e. The van der Waals surface area contributed by atoms with E-state index in [0.717, 1.165) is 25.7 Å². The topological polar surface area (TPSA) is 26.3 Å². The normalized spacial score (nSPS) is 11.7. The Kier molecular flexibility index (Phi) is 17.5. The summed E-state index contributed by atoms with van der Waals surface area (Å²) >= 11 is 0. The highest BCUT2D eigenvalue weighted by Gasteiger charge is 2.28. The van der Waals surface area contributed by atoms with E-state index in [2.05, 4.69) is 13.8 Å². The molecule has 0 aromatic heterocycles. The fourth-order valence-electron chi connectivity index (χ4n) is 3.37. The lowest BCUT2D eigenvalue weighted by Crippen LogP contribution is -2.27. The lowest BCUT2D eigenvalue weighted by atomic mass is 9.87. The zero-order chi connectivity index (χ0) is 19.5. The summed E-state index contributed by atoms with van der Waals surface area (Å²) in [5, 5.41) is 0. The van der Waals surface area contributed by atoms with Gasteiger partial charge in [-0.15, -0.1) is 0 Å². The molecule has 0 aliphatic heterocycles. The molecule has 0 fully saturated rings. The van der Waals surface area contributed by atoms with Crippen molar-refractivity contribution in [1.29, 1.82) is 0 Å². The van der Waals surface area contributed by atoms with Crippen LogP contribution in [0, 0.1) is 5.41 Å². The van der Waals surface area contributed by atoms with E-state index in [0.29, 0.717) is 6.61 Å². The molecule has 0 saturated heterocycles. The van der Waals surface area contributed by atoms with Crippen LogP contribution in [0.4, 0.5) is 0 Å². The monoisotopic (exact) mass is 368 g/mol. The van der Waals surface area contributed by atoms with Gasteiger partial charge in [-0.05, 0) is 26.7 Å². The highest BCUT2D eigenvalue weighted by molar-refractivity contribution is 5.75. The lowest BCUT2D eigenvalue weighted by molar-refractivity contribution is -0.154. The van der Waals surface area contributed by atoms with E-state index in [1.54, 1.807) is 0 Å². The van der Waals surface area contributed by atoms with Gasteiger partial charge in [-0.2, -0.15) is 0 Å². The van der Waals surface area contributed by atoms with Crippen molar-refractivity contribution in [3.8, 4) is 0 Å². The minimum absolute atomic E-state index is 0.0133. The number of esters is 1. The van der Waals surface area contributed by atoms with Gasteiger partial charge in [0.2, 0.25) is 0 Å². The number of hydrogen-bond donors (Lipinski definition) is 0. The molecule has 0 unspecified atom stereocenters. The SMILES string of the molecule is CCCCCCCCCCCCCCCCC(C)(C)C(=O)OCCCC. The second kappa shape index (κ2) is 17.9. The first kappa shape index (κ1) is 25.5. The molecule has 156 valence electrons. The number of carbonyl (C=O) groups excluding carboxylic acids is 1. The van der Waals surface area contributed by atoms with Gasteiger partial charge >= 0.3 is 5.97 Å². The number of rotatable bonds is 19. The van der Waals surface area contributed by atoms with Crippen LogP contribution in [-0.2, 0) is 9.53 Å². The lowest BCUT2D eigenvalue weighted by Gasteiger charge is -2.22. The van der Waals surface area contributed by atoms with Crippen LogP contribution in [0.2, 0.25) is 0 Å². The molecule has 0 amide bonds. The van der Waals surface area contributed by atoms with Crippen LogP contribution in [-0.4, -0.2) is 12.6 Å². The standard InChI is InChI=1S/C24H48O2/c1-5-7-9-10-11-12-13-14-15-16-17-18-19-20-21-24(3,4)23(25)26-22-8-6-2/h5-22H2,1-4H3. The number of ether oxygens (including phenoxy) is 1. The van der Waals surface area contributed by atoms with E-state index < -0.39 is 0 Å². The quantitative estimate of drug-likeness (QED) is 0.169. The predicted molar refractivity (Wildman–Crippen MR) is 115 cm³/mol. The van der Waals surface area contributed by atoms with E-state index in [1.165, 1.54) is 83.5 Å². The van der Waals surface area contributed by atoms with Crippen molar-refractivity contribution in [1.82, 2.24) is 0 Å². The first-order valence-corrected chi connectivity index (χ1v) is 11.7. The van der Waals surface area contributed by atoms with Gasteiger partial charge in [-0.1, -0.05) is 110 Å². The average Bonchev–Trinajstić information content (AvgIpc) is 2.62. The Labute approximate surface area is 164 Å². The first-order valence-electron chi connectivity index (χ1n) is 11.7. The van der Waals surface area contributed by atoms with Crippen LogP contribution in [0.1, 0.15) is 137 Å². The van der Waals surface area contributed by atoms with Crippen molar-refractivity contribution in [3.05, 3.63) is 0 Å². The van der Waals surface area contributed by atoms with Crippen molar-refractivity contribution in [3.63, 3.8) is 0 Å². The Morgan fingerprint density at radius 2 is 1.00 bits per heavy atom. The first-order chi connectivity index (χ1) is 12.5. The summed E-state index contributed by atoms with van der Waals surface area (Å²) in [5.74, 6) is -0.0133. The molecule has 0 atom stereocenters. The fourth-order valence-corrected chi connectivity index (χ4v) is 3.37. The van der Waals surface area contributed by atoms with E-state index in [9.17, 15) is 4.79 Å². The third-order valence-corrected chi connectivity index (χ3v) is 5.44. The zero-order valence-electron chi connectivity index (χ0n) is 18.5. The van der Waals surface area contributed by atoms with E-state index in [-0.39, 0.29) is 11.4 Å². The molecular weight excluding hydrogens is 320 g/mol. The van der Waals surface area contributed by atoms with Crippen molar-refractivity contribution in [2.75, 3.05) is 6.61 Å². The maximum Gasteiger partial charge on any atom is 0.311 e. The predicted octanol–water partition coefficient (Wildman–Crippen LogP) is 8.23. The molecule has 2 heteroatoms. The van der Waals surface area contributed by atoms with Gasteiger partial charge in [-0.3, -0.25) is 4.79 Å². The smallest absolute Gasteiger partial charge is 0.311 e. The molecule has 2 nitrogen and oxygen atoms in total. The van der Waals surface area contributed by atoms with Crippen LogP contribution in [0.25, 0.3) is 0 Å². The summed E-state index contributed by atoms with van der Waals surface area (Å²) in [6, 6.07) is 0. The van der Waals surface area contributed by atoms with Crippen molar-refractivity contribution in [2.45, 2.75) is 137 Å². The molecule has 0 radical (unpaired) electrons. The van der Waals surface area contributed by atoms with Crippen LogP contribution < -0.4 is 0 Å². The molecule has 0 aliphatic rings. The average molecular weight is 369 g/mol. The Hall–Kier alpha value is -0.530. The Bertz CT molecular complexity index is 309. The minimum Gasteiger partial charge on any atom is -0.465 e. The fraction of sp³-hybridized carbons (Fsp3) is 0.958. The van der Waals surface area contributed by atoms with Crippen LogP contribution in [0.5, 0.6) is 0 Å². The molecule has 0 N–H and O–H groups in total. The van der Waals surface area contributed by atoms with Crippen molar-refractivity contribution >= 4 is 5.97 Å². The summed E-state index contributed by atoms with van der Waals surface area (Å²) in [7, 11) is 0. The number of unbranched alkanes of at least 4 members (excludes halogenated alkanes) is 14. The Balaban J connectivity index is 3.38. The third kappa shape index (κ3) is 15.7. The number of hydrogen-bond acceptors (Lipinski definition) is 2. The molecule has 0 aliphatic carbocycles. The Morgan fingerprint density at radius 1 is 0.615 bits per heavy atom. The summed E-state index contributed by atoms with van der Waals surface area (Å²) in [6.07, 6.45) is 22.2. The van der Waals surface area contributed by atoms with E-state index >= 15 is 0 Å². The molecule has 0 aromatic carbocycles. The summed E-state index contributed by atoms with van der Waals surface area (Å²) in [5.41, 5.74) is -0.315. The maximum atomic E-state index is 12.1. The highest BCUT2D eigenvalue weighted by Crippen LogP contribution is 2.26. The van der Waals surface area contributed by atoms with Crippen LogP contribution in [0.3, 0.4) is 0 Å². The molecule has 0 bridgehead atoms. The highest BCUT2D eigenvalue weighted by atomic mass is 16.5. The van der Waals surface area contributed by atoms with Gasteiger partial charge in [0.1, 0.15) is 0 Å². The molecule has 26 heavy (non-hydrogen) atoms. The van der Waals surface area contributed by atoms with Gasteiger partial charge in [0.15, 0.2) is 0 Å². The minimum atomic E-state index is -0.315. The second-order valence-electron chi connectivity index (χ2n) is 8.72. The maximum absolute atomic E-state index is 12.1. The Morgan fingerprint density at radius 3 is 1.42 bits per heavy atom. The van der Waals surface area contributed by atoms with Gasteiger partial charge in [-0.25, -0.2) is 0 Å². The van der Waals surface area contributed by atoms with Gasteiger partial charge in [0, 0.05) is 0 Å². The molecule has 0 heterocycles. The summed E-state index contributed by atoms with van der Waals surface area (Å²) in [4.78, 5) is 12.1. The molecule has 0 spiro atoms. The number of carbonyl (C=O) groups is 1. The van der Waals surface area contributed by atoms with Gasteiger partial charge in [0.05, 0.1) is 12.0 Å². The second-order valence-corrected chi connectivity index (χ2v) is 8.72. The van der Waals surface area contributed by atoms with Crippen molar-refractivity contribution < 1.29 is 9.53 Å². The summed E-state index contributed by atoms with van der Waals surface area (Å²) in [6.45, 7) is 9.04. The van der Waals surface area contributed by atoms with Gasteiger partial charge < -0.3 is 4.74 Å². The van der Waals surface area contributed by atoms with Crippen molar-refractivity contribution in [2.24, 2.45) is 5.41 Å². The summed E-state index contributed by atoms with van der Waals surface area (Å²) < 4.78 is 5.38. The third-order valence-electron chi connectivity index (χ3n) is 5.44.